The minimum atomic E-state index is 0.686. The fourth-order valence-electron chi connectivity index (χ4n) is 2.40. The average molecular weight is 151 g/mol. The van der Waals surface area contributed by atoms with E-state index in [1.165, 1.54) is 44.9 Å². The van der Waals surface area contributed by atoms with E-state index >= 15 is 0 Å². The van der Waals surface area contributed by atoms with Crippen LogP contribution >= 0.6 is 0 Å². The molecule has 3 fully saturated rings. The van der Waals surface area contributed by atoms with Gasteiger partial charge < -0.3 is 5.32 Å². The first-order valence-electron chi connectivity index (χ1n) is 5.17. The molecule has 0 bridgehead atoms. The largest absolute Gasteiger partial charge is 0.308 e. The quantitative estimate of drug-likeness (QED) is 0.651. The van der Waals surface area contributed by atoms with Gasteiger partial charge in [-0.1, -0.05) is 6.42 Å². The fraction of sp³-hybridized carbons (Fsp3) is 1.00. The summed E-state index contributed by atoms with van der Waals surface area (Å²) < 4.78 is 0. The lowest BCUT2D eigenvalue weighted by Gasteiger charge is -2.31. The summed E-state index contributed by atoms with van der Waals surface area (Å²) in [6.45, 7) is 0. The third-order valence-electron chi connectivity index (χ3n) is 3.74. The summed E-state index contributed by atoms with van der Waals surface area (Å²) in [6, 6.07) is 0.915. The molecule has 0 atom stereocenters. The summed E-state index contributed by atoms with van der Waals surface area (Å²) in [5, 5.41) is 3.87. The highest BCUT2D eigenvalue weighted by molar-refractivity contribution is 5.12. The van der Waals surface area contributed by atoms with Gasteiger partial charge in [0.1, 0.15) is 0 Å². The molecule has 11 heavy (non-hydrogen) atoms. The highest BCUT2D eigenvalue weighted by Crippen LogP contribution is 2.54. The molecule has 3 aliphatic rings. The van der Waals surface area contributed by atoms with E-state index in [0.29, 0.717) is 5.54 Å². The molecule has 0 aromatic carbocycles. The fourth-order valence-corrected chi connectivity index (χ4v) is 2.40. The van der Waals surface area contributed by atoms with Crippen LogP contribution in [0.25, 0.3) is 0 Å². The van der Waals surface area contributed by atoms with Gasteiger partial charge in [0.15, 0.2) is 0 Å². The van der Waals surface area contributed by atoms with Gasteiger partial charge in [0, 0.05) is 11.6 Å². The van der Waals surface area contributed by atoms with E-state index in [2.05, 4.69) is 5.32 Å². The van der Waals surface area contributed by atoms with Gasteiger partial charge in [-0.05, 0) is 44.4 Å². The number of hydrogen-bond donors (Lipinski definition) is 1. The lowest BCUT2D eigenvalue weighted by Crippen LogP contribution is -2.45. The first-order chi connectivity index (χ1) is 5.39. The zero-order valence-electron chi connectivity index (χ0n) is 7.10. The van der Waals surface area contributed by atoms with Gasteiger partial charge in [0.25, 0.3) is 0 Å². The van der Waals surface area contributed by atoms with Crippen molar-refractivity contribution in [3.05, 3.63) is 0 Å². The van der Waals surface area contributed by atoms with Crippen molar-refractivity contribution in [3.63, 3.8) is 0 Å². The molecule has 0 aromatic rings. The van der Waals surface area contributed by atoms with E-state index in [0.717, 1.165) is 12.0 Å². The molecular weight excluding hydrogens is 134 g/mol. The maximum atomic E-state index is 3.87. The predicted molar refractivity (Wildman–Crippen MR) is 45.5 cm³/mol. The second-order valence-corrected chi connectivity index (χ2v) is 4.70. The lowest BCUT2D eigenvalue weighted by atomic mass is 9.91. The van der Waals surface area contributed by atoms with Crippen LogP contribution in [0, 0.1) is 5.92 Å². The third kappa shape index (κ3) is 1.01. The van der Waals surface area contributed by atoms with Crippen molar-refractivity contribution < 1.29 is 0 Å². The Morgan fingerprint density at radius 1 is 1.00 bits per heavy atom. The summed E-state index contributed by atoms with van der Waals surface area (Å²) >= 11 is 0. The van der Waals surface area contributed by atoms with E-state index in [4.69, 9.17) is 0 Å². The van der Waals surface area contributed by atoms with E-state index in [1.54, 1.807) is 0 Å². The molecule has 1 N–H and O–H groups in total. The van der Waals surface area contributed by atoms with Crippen LogP contribution in [0.2, 0.25) is 0 Å². The molecule has 3 aliphatic carbocycles. The van der Waals surface area contributed by atoms with Crippen molar-refractivity contribution in [2.24, 2.45) is 5.92 Å². The van der Waals surface area contributed by atoms with Crippen LogP contribution in [-0.4, -0.2) is 11.6 Å². The van der Waals surface area contributed by atoms with Crippen molar-refractivity contribution in [3.8, 4) is 0 Å². The molecule has 0 spiro atoms. The standard InChI is InChI=1S/C10H17N/c1-2-9(3-1)11-10(6-7-10)8-4-5-8/h8-9,11H,1-7H2. The normalized spacial score (nSPS) is 34.9. The van der Waals surface area contributed by atoms with Crippen LogP contribution in [0.5, 0.6) is 0 Å². The van der Waals surface area contributed by atoms with Gasteiger partial charge >= 0.3 is 0 Å². The Kier molecular flexibility index (Phi) is 1.18. The van der Waals surface area contributed by atoms with E-state index in [-0.39, 0.29) is 0 Å². The molecule has 62 valence electrons. The van der Waals surface area contributed by atoms with Crippen LogP contribution in [-0.2, 0) is 0 Å². The van der Waals surface area contributed by atoms with Gasteiger partial charge in [-0.15, -0.1) is 0 Å². The van der Waals surface area contributed by atoms with E-state index in [1.807, 2.05) is 0 Å². The summed E-state index contributed by atoms with van der Waals surface area (Å²) in [5.41, 5.74) is 0.686. The molecule has 0 amide bonds. The summed E-state index contributed by atoms with van der Waals surface area (Å²) in [4.78, 5) is 0. The van der Waals surface area contributed by atoms with Crippen LogP contribution in [0.1, 0.15) is 44.9 Å². The Balaban J connectivity index is 1.59. The first-order valence-corrected chi connectivity index (χ1v) is 5.17. The summed E-state index contributed by atoms with van der Waals surface area (Å²) in [6.07, 6.45) is 10.4. The number of rotatable bonds is 3. The first kappa shape index (κ1) is 6.47. The predicted octanol–water partition coefficient (Wildman–Crippen LogP) is 2.07. The van der Waals surface area contributed by atoms with Gasteiger partial charge in [-0.25, -0.2) is 0 Å². The number of nitrogens with one attached hydrogen (secondary N) is 1. The smallest absolute Gasteiger partial charge is 0.0213 e. The Bertz CT molecular complexity index is 164. The topological polar surface area (TPSA) is 12.0 Å². The third-order valence-corrected chi connectivity index (χ3v) is 3.74. The number of hydrogen-bond acceptors (Lipinski definition) is 1. The van der Waals surface area contributed by atoms with E-state index in [9.17, 15) is 0 Å². The molecule has 3 saturated carbocycles. The van der Waals surface area contributed by atoms with Gasteiger partial charge in [0.05, 0.1) is 0 Å². The van der Waals surface area contributed by atoms with E-state index < -0.39 is 0 Å². The summed E-state index contributed by atoms with van der Waals surface area (Å²) in [5.74, 6) is 1.09. The van der Waals surface area contributed by atoms with Crippen molar-refractivity contribution in [1.82, 2.24) is 5.32 Å². The van der Waals surface area contributed by atoms with Gasteiger partial charge in [-0.3, -0.25) is 0 Å². The molecule has 3 rings (SSSR count). The lowest BCUT2D eigenvalue weighted by molar-refractivity contribution is 0.277. The van der Waals surface area contributed by atoms with Crippen molar-refractivity contribution >= 4 is 0 Å². The highest BCUT2D eigenvalue weighted by Gasteiger charge is 2.54. The molecule has 0 heterocycles. The van der Waals surface area contributed by atoms with Crippen molar-refractivity contribution in [2.75, 3.05) is 0 Å². The minimum absolute atomic E-state index is 0.686. The zero-order chi connectivity index (χ0) is 7.31. The molecule has 0 radical (unpaired) electrons. The minimum Gasteiger partial charge on any atom is -0.308 e. The van der Waals surface area contributed by atoms with Crippen molar-refractivity contribution in [1.29, 1.82) is 0 Å². The van der Waals surface area contributed by atoms with Crippen LogP contribution in [0.4, 0.5) is 0 Å². The van der Waals surface area contributed by atoms with Crippen LogP contribution in [0.3, 0.4) is 0 Å². The Labute approximate surface area is 68.6 Å². The van der Waals surface area contributed by atoms with Gasteiger partial charge in [-0.2, -0.15) is 0 Å². The van der Waals surface area contributed by atoms with Crippen LogP contribution in [0.15, 0.2) is 0 Å². The van der Waals surface area contributed by atoms with Crippen LogP contribution < -0.4 is 5.32 Å². The second-order valence-electron chi connectivity index (χ2n) is 4.70. The SMILES string of the molecule is C1CC(NC2(C3CC3)CC2)C1. The Morgan fingerprint density at radius 2 is 1.73 bits per heavy atom. The maximum absolute atomic E-state index is 3.87. The Morgan fingerprint density at radius 3 is 2.09 bits per heavy atom. The summed E-state index contributed by atoms with van der Waals surface area (Å²) in [7, 11) is 0. The second kappa shape index (κ2) is 2.01. The molecule has 1 heteroatoms. The molecular formula is C10H17N. The molecule has 0 aromatic heterocycles. The Hall–Kier alpha value is -0.0400. The van der Waals surface area contributed by atoms with Gasteiger partial charge in [0.2, 0.25) is 0 Å². The molecule has 1 nitrogen and oxygen atoms in total. The highest BCUT2D eigenvalue weighted by atomic mass is 15.1. The monoisotopic (exact) mass is 151 g/mol. The van der Waals surface area contributed by atoms with Crippen molar-refractivity contribution in [2.45, 2.75) is 56.5 Å². The molecule has 0 saturated heterocycles. The average Bonchev–Trinajstić information content (AvgIpc) is 2.73. The molecule has 0 aliphatic heterocycles. The maximum Gasteiger partial charge on any atom is 0.0213 e. The molecule has 0 unspecified atom stereocenters. The zero-order valence-corrected chi connectivity index (χ0v) is 7.10.